The van der Waals surface area contributed by atoms with E-state index in [1.807, 2.05) is 6.92 Å². The minimum atomic E-state index is 0.108. The predicted molar refractivity (Wildman–Crippen MR) is 51.4 cm³/mol. The molecule has 0 spiro atoms. The molecule has 0 aliphatic heterocycles. The normalized spacial score (nSPS) is 12.2. The Morgan fingerprint density at radius 3 is 2.08 bits per heavy atom. The van der Waals surface area contributed by atoms with E-state index in [0.29, 0.717) is 0 Å². The molecule has 3 nitrogen and oxygen atoms in total. The van der Waals surface area contributed by atoms with E-state index in [4.69, 9.17) is 10.5 Å². The summed E-state index contributed by atoms with van der Waals surface area (Å²) in [5, 5.41) is 19.9. The predicted octanol–water partition coefficient (Wildman–Crippen LogP) is 1.94. The lowest BCUT2D eigenvalue weighted by atomic mass is 9.88. The van der Waals surface area contributed by atoms with E-state index in [-0.39, 0.29) is 17.0 Å². The third-order valence-electron chi connectivity index (χ3n) is 2.02. The molecular formula is C10H15N3. The third-order valence-corrected chi connectivity index (χ3v) is 2.02. The number of rotatable bonds is 2. The molecule has 1 N–H and O–H groups in total. The average molecular weight is 177 g/mol. The minimum Gasteiger partial charge on any atom is -0.386 e. The monoisotopic (exact) mass is 177 g/mol. The topological polar surface area (TPSA) is 59.6 Å². The van der Waals surface area contributed by atoms with Crippen LogP contribution in [-0.4, -0.2) is 6.04 Å². The van der Waals surface area contributed by atoms with Crippen molar-refractivity contribution in [2.24, 2.45) is 5.41 Å². The van der Waals surface area contributed by atoms with Gasteiger partial charge in [-0.1, -0.05) is 20.8 Å². The Morgan fingerprint density at radius 2 is 1.77 bits per heavy atom. The van der Waals surface area contributed by atoms with Crippen LogP contribution >= 0.6 is 0 Å². The highest BCUT2D eigenvalue weighted by molar-refractivity contribution is 5.34. The number of hydrogen-bond donors (Lipinski definition) is 1. The Hall–Kier alpha value is -1.48. The summed E-state index contributed by atoms with van der Waals surface area (Å²) in [6.07, 6.45) is 1.47. The molecule has 0 aliphatic carbocycles. The first kappa shape index (κ1) is 11.5. The van der Waals surface area contributed by atoms with Gasteiger partial charge < -0.3 is 5.32 Å². The van der Waals surface area contributed by atoms with E-state index in [9.17, 15) is 0 Å². The highest BCUT2D eigenvalue weighted by Gasteiger charge is 2.18. The molecule has 70 valence electrons. The van der Waals surface area contributed by atoms with Crippen molar-refractivity contribution < 1.29 is 0 Å². The van der Waals surface area contributed by atoms with Crippen molar-refractivity contribution in [3.05, 3.63) is 11.8 Å². The molecule has 13 heavy (non-hydrogen) atoms. The Morgan fingerprint density at radius 1 is 1.31 bits per heavy atom. The zero-order valence-corrected chi connectivity index (χ0v) is 8.55. The molecule has 0 saturated heterocycles. The van der Waals surface area contributed by atoms with Crippen molar-refractivity contribution in [3.8, 4) is 12.1 Å². The van der Waals surface area contributed by atoms with E-state index in [1.165, 1.54) is 6.20 Å². The quantitative estimate of drug-likeness (QED) is 0.656. The molecule has 0 radical (unpaired) electrons. The van der Waals surface area contributed by atoms with E-state index in [0.717, 1.165) is 0 Å². The first-order valence-corrected chi connectivity index (χ1v) is 4.18. The number of allylic oxidation sites excluding steroid dienone is 1. The molecular weight excluding hydrogens is 162 g/mol. The van der Waals surface area contributed by atoms with Gasteiger partial charge in [0.1, 0.15) is 17.7 Å². The molecule has 0 rings (SSSR count). The summed E-state index contributed by atoms with van der Waals surface area (Å²) in [6, 6.07) is 3.82. The van der Waals surface area contributed by atoms with Gasteiger partial charge in [-0.05, 0) is 12.3 Å². The second kappa shape index (κ2) is 4.52. The molecule has 0 aliphatic rings. The van der Waals surface area contributed by atoms with Crippen LogP contribution in [0.1, 0.15) is 27.7 Å². The summed E-state index contributed by atoms with van der Waals surface area (Å²) in [5.41, 5.74) is 0.225. The lowest BCUT2D eigenvalue weighted by molar-refractivity contribution is 0.308. The molecule has 3 heteroatoms. The highest BCUT2D eigenvalue weighted by Crippen LogP contribution is 2.18. The summed E-state index contributed by atoms with van der Waals surface area (Å²) in [7, 11) is 0. The number of hydrogen-bond acceptors (Lipinski definition) is 3. The van der Waals surface area contributed by atoms with E-state index in [2.05, 4.69) is 26.1 Å². The van der Waals surface area contributed by atoms with E-state index in [1.54, 1.807) is 12.1 Å². The number of nitrogens with one attached hydrogen (secondary N) is 1. The van der Waals surface area contributed by atoms with Gasteiger partial charge in [0.05, 0.1) is 0 Å². The molecule has 0 aromatic carbocycles. The van der Waals surface area contributed by atoms with Crippen molar-refractivity contribution in [1.29, 1.82) is 10.5 Å². The maximum absolute atomic E-state index is 8.46. The highest BCUT2D eigenvalue weighted by atomic mass is 14.9. The van der Waals surface area contributed by atoms with Crippen LogP contribution in [0.3, 0.4) is 0 Å². The van der Waals surface area contributed by atoms with Gasteiger partial charge in [0.15, 0.2) is 0 Å². The Balaban J connectivity index is 4.28. The molecule has 0 amide bonds. The van der Waals surface area contributed by atoms with E-state index < -0.39 is 0 Å². The van der Waals surface area contributed by atoms with Gasteiger partial charge in [-0.3, -0.25) is 0 Å². The van der Waals surface area contributed by atoms with Gasteiger partial charge in [-0.2, -0.15) is 10.5 Å². The van der Waals surface area contributed by atoms with Gasteiger partial charge in [0.2, 0.25) is 0 Å². The maximum Gasteiger partial charge on any atom is 0.145 e. The minimum absolute atomic E-state index is 0.108. The molecule has 1 unspecified atom stereocenters. The molecule has 0 saturated carbocycles. The Bertz CT molecular complexity index is 254. The van der Waals surface area contributed by atoms with Crippen LogP contribution in [0.25, 0.3) is 0 Å². The van der Waals surface area contributed by atoms with Crippen LogP contribution in [0.2, 0.25) is 0 Å². The average Bonchev–Trinajstić information content (AvgIpc) is 2.04. The summed E-state index contributed by atoms with van der Waals surface area (Å²) >= 11 is 0. The molecule has 0 bridgehead atoms. The van der Waals surface area contributed by atoms with Crippen molar-refractivity contribution in [2.45, 2.75) is 33.7 Å². The maximum atomic E-state index is 8.46. The lowest BCUT2D eigenvalue weighted by Gasteiger charge is -2.27. The smallest absolute Gasteiger partial charge is 0.145 e. The standard InChI is InChI=1S/C10H15N3/c1-8(10(2,3)4)13-7-9(5-11)6-12/h7-8,13H,1-4H3. The number of nitriles is 2. The number of nitrogens with zero attached hydrogens (tertiary/aromatic N) is 2. The summed E-state index contributed by atoms with van der Waals surface area (Å²) in [4.78, 5) is 0. The van der Waals surface area contributed by atoms with Crippen LogP contribution < -0.4 is 5.32 Å². The lowest BCUT2D eigenvalue weighted by Crippen LogP contribution is -2.34. The Labute approximate surface area is 79.7 Å². The summed E-state index contributed by atoms with van der Waals surface area (Å²) < 4.78 is 0. The van der Waals surface area contributed by atoms with Gasteiger partial charge >= 0.3 is 0 Å². The second-order valence-electron chi connectivity index (χ2n) is 4.04. The summed E-state index contributed by atoms with van der Waals surface area (Å²) in [6.45, 7) is 8.30. The van der Waals surface area contributed by atoms with Crippen LogP contribution in [-0.2, 0) is 0 Å². The molecule has 0 aromatic rings. The van der Waals surface area contributed by atoms with Gasteiger partial charge in [-0.25, -0.2) is 0 Å². The largest absolute Gasteiger partial charge is 0.386 e. The van der Waals surface area contributed by atoms with Gasteiger partial charge in [0.25, 0.3) is 0 Å². The molecule has 0 aromatic heterocycles. The molecule has 0 heterocycles. The van der Waals surface area contributed by atoms with Crippen LogP contribution in [0.4, 0.5) is 0 Å². The third kappa shape index (κ3) is 4.18. The SMILES string of the molecule is CC(NC=C(C#N)C#N)C(C)(C)C. The summed E-state index contributed by atoms with van der Waals surface area (Å²) in [5.74, 6) is 0. The van der Waals surface area contributed by atoms with Crippen molar-refractivity contribution >= 4 is 0 Å². The molecule has 1 atom stereocenters. The zero-order chi connectivity index (χ0) is 10.5. The van der Waals surface area contributed by atoms with Crippen molar-refractivity contribution in [1.82, 2.24) is 5.32 Å². The molecule has 0 fully saturated rings. The Kier molecular flexibility index (Phi) is 4.01. The fourth-order valence-corrected chi connectivity index (χ4v) is 0.548. The fraction of sp³-hybridized carbons (Fsp3) is 0.600. The van der Waals surface area contributed by atoms with Crippen LogP contribution in [0.5, 0.6) is 0 Å². The fourth-order valence-electron chi connectivity index (χ4n) is 0.548. The van der Waals surface area contributed by atoms with Crippen LogP contribution in [0.15, 0.2) is 11.8 Å². The second-order valence-corrected chi connectivity index (χ2v) is 4.04. The first-order chi connectivity index (χ1) is 5.91. The van der Waals surface area contributed by atoms with Gasteiger partial charge in [0, 0.05) is 12.2 Å². The van der Waals surface area contributed by atoms with Gasteiger partial charge in [-0.15, -0.1) is 0 Å². The first-order valence-electron chi connectivity index (χ1n) is 4.18. The van der Waals surface area contributed by atoms with Crippen molar-refractivity contribution in [3.63, 3.8) is 0 Å². The van der Waals surface area contributed by atoms with Crippen LogP contribution in [0, 0.1) is 28.1 Å². The van der Waals surface area contributed by atoms with Crippen molar-refractivity contribution in [2.75, 3.05) is 0 Å². The zero-order valence-electron chi connectivity index (χ0n) is 8.55. The van der Waals surface area contributed by atoms with E-state index >= 15 is 0 Å².